The lowest BCUT2D eigenvalue weighted by atomic mass is 10.1. The van der Waals surface area contributed by atoms with Gasteiger partial charge in [0.15, 0.2) is 5.96 Å². The van der Waals surface area contributed by atoms with Crippen molar-refractivity contribution in [2.45, 2.75) is 39.3 Å². The van der Waals surface area contributed by atoms with Gasteiger partial charge < -0.3 is 24.8 Å². The average Bonchev–Trinajstić information content (AvgIpc) is 3.11. The second kappa shape index (κ2) is 10.9. The SMILES string of the molecule is CCNC(=NCc1ccc(C)cc1OC1CCOC1)NCCCOC. The van der Waals surface area contributed by atoms with Crippen LogP contribution in [0.1, 0.15) is 30.9 Å². The Hall–Kier alpha value is -1.79. The lowest BCUT2D eigenvalue weighted by Gasteiger charge is -2.16. The summed E-state index contributed by atoms with van der Waals surface area (Å²) in [5.41, 5.74) is 2.28. The summed E-state index contributed by atoms with van der Waals surface area (Å²) in [6, 6.07) is 6.28. The van der Waals surface area contributed by atoms with Gasteiger partial charge in [-0.15, -0.1) is 0 Å². The first-order valence-corrected chi connectivity index (χ1v) is 9.08. The molecule has 1 heterocycles. The summed E-state index contributed by atoms with van der Waals surface area (Å²) in [7, 11) is 1.72. The molecule has 1 unspecified atom stereocenters. The number of aryl methyl sites for hydroxylation is 1. The van der Waals surface area contributed by atoms with E-state index in [4.69, 9.17) is 14.2 Å². The number of guanidine groups is 1. The molecule has 0 saturated carbocycles. The van der Waals surface area contributed by atoms with Gasteiger partial charge in [0, 0.05) is 38.8 Å². The Morgan fingerprint density at radius 3 is 2.96 bits per heavy atom. The van der Waals surface area contributed by atoms with E-state index in [2.05, 4.69) is 47.7 Å². The molecule has 6 nitrogen and oxygen atoms in total. The highest BCUT2D eigenvalue weighted by Gasteiger charge is 2.18. The monoisotopic (exact) mass is 349 g/mol. The fourth-order valence-electron chi connectivity index (χ4n) is 2.62. The molecule has 0 aliphatic carbocycles. The molecule has 6 heteroatoms. The summed E-state index contributed by atoms with van der Waals surface area (Å²) in [5.74, 6) is 1.73. The van der Waals surface area contributed by atoms with Crippen LogP contribution in [-0.2, 0) is 16.0 Å². The van der Waals surface area contributed by atoms with Crippen LogP contribution in [-0.4, -0.2) is 52.1 Å². The van der Waals surface area contributed by atoms with Crippen LogP contribution in [0.2, 0.25) is 0 Å². The zero-order valence-electron chi connectivity index (χ0n) is 15.6. The Bertz CT molecular complexity index is 543. The fourth-order valence-corrected chi connectivity index (χ4v) is 2.62. The fraction of sp³-hybridized carbons (Fsp3) is 0.632. The summed E-state index contributed by atoms with van der Waals surface area (Å²) >= 11 is 0. The Morgan fingerprint density at radius 2 is 2.24 bits per heavy atom. The minimum absolute atomic E-state index is 0.143. The largest absolute Gasteiger partial charge is 0.488 e. The topological polar surface area (TPSA) is 64.1 Å². The van der Waals surface area contributed by atoms with Gasteiger partial charge in [0.2, 0.25) is 0 Å². The third kappa shape index (κ3) is 6.92. The minimum Gasteiger partial charge on any atom is -0.488 e. The lowest BCUT2D eigenvalue weighted by molar-refractivity contribution is 0.140. The molecule has 0 spiro atoms. The standard InChI is InChI=1S/C19H31N3O3/c1-4-20-19(21-9-5-10-23-3)22-13-16-7-6-15(2)12-18(16)25-17-8-11-24-14-17/h6-7,12,17H,4-5,8-11,13-14H2,1-3H3,(H2,20,21,22). The maximum atomic E-state index is 6.14. The molecule has 0 bridgehead atoms. The second-order valence-electron chi connectivity index (χ2n) is 6.18. The van der Waals surface area contributed by atoms with Gasteiger partial charge in [0.25, 0.3) is 0 Å². The predicted molar refractivity (Wildman–Crippen MR) is 100 cm³/mol. The van der Waals surface area contributed by atoms with Crippen LogP contribution in [0.3, 0.4) is 0 Å². The Labute approximate surface area is 151 Å². The third-order valence-electron chi connectivity index (χ3n) is 3.97. The van der Waals surface area contributed by atoms with Crippen molar-refractivity contribution in [1.82, 2.24) is 10.6 Å². The van der Waals surface area contributed by atoms with Crippen molar-refractivity contribution < 1.29 is 14.2 Å². The quantitative estimate of drug-likeness (QED) is 0.407. The molecule has 0 aromatic heterocycles. The van der Waals surface area contributed by atoms with Gasteiger partial charge in [-0.05, 0) is 31.9 Å². The Balaban J connectivity index is 2.00. The summed E-state index contributed by atoms with van der Waals surface area (Å²) in [6.45, 7) is 8.55. The molecule has 0 radical (unpaired) electrons. The molecular weight excluding hydrogens is 318 g/mol. The number of ether oxygens (including phenoxy) is 3. The summed E-state index contributed by atoms with van der Waals surface area (Å²) in [6.07, 6.45) is 2.03. The zero-order valence-corrected chi connectivity index (χ0v) is 15.6. The lowest BCUT2D eigenvalue weighted by Crippen LogP contribution is -2.38. The number of benzene rings is 1. The Kier molecular flexibility index (Phi) is 8.55. The molecule has 1 aliphatic rings. The van der Waals surface area contributed by atoms with Crippen LogP contribution < -0.4 is 15.4 Å². The normalized spacial score (nSPS) is 17.6. The highest BCUT2D eigenvalue weighted by molar-refractivity contribution is 5.79. The summed E-state index contributed by atoms with van der Waals surface area (Å²) in [5, 5.41) is 6.60. The van der Waals surface area contributed by atoms with E-state index in [-0.39, 0.29) is 6.10 Å². The highest BCUT2D eigenvalue weighted by atomic mass is 16.5. The first kappa shape index (κ1) is 19.5. The van der Waals surface area contributed by atoms with Crippen LogP contribution in [0.15, 0.2) is 23.2 Å². The molecule has 0 amide bonds. The first-order valence-electron chi connectivity index (χ1n) is 9.08. The number of nitrogens with one attached hydrogen (secondary N) is 2. The van der Waals surface area contributed by atoms with Crippen LogP contribution in [0, 0.1) is 6.92 Å². The van der Waals surface area contributed by atoms with E-state index in [9.17, 15) is 0 Å². The van der Waals surface area contributed by atoms with Crippen molar-refractivity contribution in [2.75, 3.05) is 40.0 Å². The molecule has 1 saturated heterocycles. The maximum Gasteiger partial charge on any atom is 0.191 e. The van der Waals surface area contributed by atoms with Crippen molar-refractivity contribution in [2.24, 2.45) is 4.99 Å². The zero-order chi connectivity index (χ0) is 17.9. The molecule has 2 rings (SSSR count). The second-order valence-corrected chi connectivity index (χ2v) is 6.18. The molecule has 1 aromatic carbocycles. The van der Waals surface area contributed by atoms with Crippen LogP contribution in [0.25, 0.3) is 0 Å². The molecule has 140 valence electrons. The van der Waals surface area contributed by atoms with Crippen LogP contribution in [0.5, 0.6) is 5.75 Å². The first-order chi connectivity index (χ1) is 12.2. The molecule has 25 heavy (non-hydrogen) atoms. The summed E-state index contributed by atoms with van der Waals surface area (Å²) < 4.78 is 16.6. The van der Waals surface area contributed by atoms with Crippen LogP contribution >= 0.6 is 0 Å². The number of hydrogen-bond donors (Lipinski definition) is 2. The third-order valence-corrected chi connectivity index (χ3v) is 3.97. The number of methoxy groups -OCH3 is 1. The van der Waals surface area contributed by atoms with Crippen molar-refractivity contribution >= 4 is 5.96 Å². The molecular formula is C19H31N3O3. The van der Waals surface area contributed by atoms with E-state index >= 15 is 0 Å². The predicted octanol–water partition coefficient (Wildman–Crippen LogP) is 2.25. The van der Waals surface area contributed by atoms with E-state index in [0.717, 1.165) is 56.4 Å². The average molecular weight is 349 g/mol. The summed E-state index contributed by atoms with van der Waals surface area (Å²) in [4.78, 5) is 4.69. The minimum atomic E-state index is 0.143. The molecule has 1 atom stereocenters. The van der Waals surface area contributed by atoms with E-state index < -0.39 is 0 Å². The van der Waals surface area contributed by atoms with E-state index in [0.29, 0.717) is 13.2 Å². The van der Waals surface area contributed by atoms with E-state index in [1.807, 2.05) is 0 Å². The van der Waals surface area contributed by atoms with Gasteiger partial charge in [-0.1, -0.05) is 12.1 Å². The number of nitrogens with zero attached hydrogens (tertiary/aromatic N) is 1. The van der Waals surface area contributed by atoms with Crippen molar-refractivity contribution in [3.05, 3.63) is 29.3 Å². The number of aliphatic imine (C=N–C) groups is 1. The molecule has 1 fully saturated rings. The number of hydrogen-bond acceptors (Lipinski definition) is 4. The molecule has 2 N–H and O–H groups in total. The van der Waals surface area contributed by atoms with Crippen molar-refractivity contribution in [3.63, 3.8) is 0 Å². The maximum absolute atomic E-state index is 6.14. The van der Waals surface area contributed by atoms with Crippen LogP contribution in [0.4, 0.5) is 0 Å². The van der Waals surface area contributed by atoms with Gasteiger partial charge >= 0.3 is 0 Å². The van der Waals surface area contributed by atoms with Gasteiger partial charge in [0.05, 0.1) is 19.8 Å². The van der Waals surface area contributed by atoms with E-state index in [1.165, 1.54) is 5.56 Å². The van der Waals surface area contributed by atoms with E-state index in [1.54, 1.807) is 7.11 Å². The molecule has 1 aromatic rings. The number of rotatable bonds is 9. The van der Waals surface area contributed by atoms with Gasteiger partial charge in [-0.3, -0.25) is 0 Å². The van der Waals surface area contributed by atoms with Crippen molar-refractivity contribution in [3.8, 4) is 5.75 Å². The smallest absolute Gasteiger partial charge is 0.191 e. The van der Waals surface area contributed by atoms with Gasteiger partial charge in [-0.25, -0.2) is 4.99 Å². The van der Waals surface area contributed by atoms with Gasteiger partial charge in [0.1, 0.15) is 11.9 Å². The highest BCUT2D eigenvalue weighted by Crippen LogP contribution is 2.24. The molecule has 1 aliphatic heterocycles. The van der Waals surface area contributed by atoms with Gasteiger partial charge in [-0.2, -0.15) is 0 Å². The Morgan fingerprint density at radius 1 is 1.36 bits per heavy atom. The van der Waals surface area contributed by atoms with Crippen molar-refractivity contribution in [1.29, 1.82) is 0 Å².